The molecule has 0 aliphatic rings. The highest BCUT2D eigenvalue weighted by Gasteiger charge is 2.08. The van der Waals surface area contributed by atoms with Gasteiger partial charge in [0.2, 0.25) is 0 Å². The van der Waals surface area contributed by atoms with E-state index in [0.717, 1.165) is 21.4 Å². The van der Waals surface area contributed by atoms with Crippen molar-refractivity contribution in [3.05, 3.63) is 64.5 Å². The number of amides is 1. The largest absolute Gasteiger partial charge is 0.322 e. The van der Waals surface area contributed by atoms with Crippen LogP contribution in [0.25, 0.3) is 5.65 Å². The maximum absolute atomic E-state index is 12.2. The number of nitrogens with one attached hydrogen (secondary N) is 1. The average molecular weight is 330 g/mol. The molecule has 1 amide bonds. The third kappa shape index (κ3) is 2.44. The maximum Gasteiger partial charge on any atom is 0.257 e. The summed E-state index contributed by atoms with van der Waals surface area (Å²) < 4.78 is 2.84. The summed E-state index contributed by atoms with van der Waals surface area (Å²) in [6.45, 7) is 1.98. The van der Waals surface area contributed by atoms with Gasteiger partial charge in [-0.1, -0.05) is 15.9 Å². The molecule has 20 heavy (non-hydrogen) atoms. The summed E-state index contributed by atoms with van der Waals surface area (Å²) in [4.78, 5) is 16.4. The minimum atomic E-state index is -0.137. The predicted molar refractivity (Wildman–Crippen MR) is 82.0 cm³/mol. The van der Waals surface area contributed by atoms with Crippen molar-refractivity contribution < 1.29 is 4.79 Å². The lowest BCUT2D eigenvalue weighted by Crippen LogP contribution is -2.12. The Morgan fingerprint density at radius 2 is 2.15 bits per heavy atom. The lowest BCUT2D eigenvalue weighted by atomic mass is 10.2. The van der Waals surface area contributed by atoms with Gasteiger partial charge in [-0.05, 0) is 42.8 Å². The molecule has 2 heterocycles. The standard InChI is InChI=1S/C15H12BrN3O/c1-10-8-12(3-4-13(10)16)18-15(20)11-2-5-14-17-6-7-19(14)9-11/h2-9H,1H3,(H,18,20). The maximum atomic E-state index is 12.2. The monoisotopic (exact) mass is 329 g/mol. The molecule has 0 saturated carbocycles. The zero-order valence-electron chi connectivity index (χ0n) is 10.8. The van der Waals surface area contributed by atoms with E-state index in [1.807, 2.05) is 41.8 Å². The average Bonchev–Trinajstić information content (AvgIpc) is 2.90. The molecule has 0 saturated heterocycles. The Morgan fingerprint density at radius 1 is 1.30 bits per heavy atom. The van der Waals surface area contributed by atoms with Gasteiger partial charge in [0, 0.05) is 28.8 Å². The Labute approximate surface area is 124 Å². The number of nitrogens with zero attached hydrogens (tertiary/aromatic N) is 2. The van der Waals surface area contributed by atoms with Crippen molar-refractivity contribution in [3.8, 4) is 0 Å². The molecule has 1 N–H and O–H groups in total. The number of carbonyl (C=O) groups is 1. The van der Waals surface area contributed by atoms with E-state index in [9.17, 15) is 4.79 Å². The van der Waals surface area contributed by atoms with Gasteiger partial charge >= 0.3 is 0 Å². The molecule has 5 heteroatoms. The fourth-order valence-corrected chi connectivity index (χ4v) is 2.23. The molecule has 0 aliphatic carbocycles. The number of carbonyl (C=O) groups excluding carboxylic acids is 1. The lowest BCUT2D eigenvalue weighted by molar-refractivity contribution is 0.102. The fourth-order valence-electron chi connectivity index (χ4n) is 1.98. The molecule has 2 aromatic heterocycles. The van der Waals surface area contributed by atoms with Crippen LogP contribution >= 0.6 is 15.9 Å². The van der Waals surface area contributed by atoms with E-state index in [1.165, 1.54) is 0 Å². The van der Waals surface area contributed by atoms with Gasteiger partial charge in [0.15, 0.2) is 0 Å². The second-order valence-corrected chi connectivity index (χ2v) is 5.38. The van der Waals surface area contributed by atoms with Gasteiger partial charge in [0.1, 0.15) is 5.65 Å². The van der Waals surface area contributed by atoms with Crippen LogP contribution in [0.15, 0.2) is 53.4 Å². The van der Waals surface area contributed by atoms with E-state index in [0.29, 0.717) is 5.56 Å². The first-order chi connectivity index (χ1) is 9.63. The van der Waals surface area contributed by atoms with Crippen molar-refractivity contribution in [2.45, 2.75) is 6.92 Å². The summed E-state index contributed by atoms with van der Waals surface area (Å²) in [5.41, 5.74) is 3.27. The minimum absolute atomic E-state index is 0.137. The molecule has 0 bridgehead atoms. The highest BCUT2D eigenvalue weighted by molar-refractivity contribution is 9.10. The normalized spacial score (nSPS) is 10.7. The van der Waals surface area contributed by atoms with Crippen LogP contribution in [0.2, 0.25) is 0 Å². The van der Waals surface area contributed by atoms with Gasteiger partial charge in [0.05, 0.1) is 5.56 Å². The lowest BCUT2D eigenvalue weighted by Gasteiger charge is -2.07. The van der Waals surface area contributed by atoms with Crippen LogP contribution in [0.1, 0.15) is 15.9 Å². The minimum Gasteiger partial charge on any atom is -0.322 e. The number of anilines is 1. The third-order valence-electron chi connectivity index (χ3n) is 3.07. The number of pyridine rings is 1. The van der Waals surface area contributed by atoms with Crippen LogP contribution in [0.3, 0.4) is 0 Å². The van der Waals surface area contributed by atoms with E-state index >= 15 is 0 Å². The Hall–Kier alpha value is -2.14. The van der Waals surface area contributed by atoms with E-state index < -0.39 is 0 Å². The van der Waals surface area contributed by atoms with E-state index in [4.69, 9.17) is 0 Å². The molecule has 0 radical (unpaired) electrons. The van der Waals surface area contributed by atoms with Gasteiger partial charge in [-0.3, -0.25) is 4.79 Å². The molecule has 0 fully saturated rings. The smallest absolute Gasteiger partial charge is 0.257 e. The van der Waals surface area contributed by atoms with Gasteiger partial charge < -0.3 is 9.72 Å². The number of rotatable bonds is 2. The Bertz CT molecular complexity index is 795. The predicted octanol–water partition coefficient (Wildman–Crippen LogP) is 3.66. The van der Waals surface area contributed by atoms with Gasteiger partial charge in [0.25, 0.3) is 5.91 Å². The summed E-state index contributed by atoms with van der Waals surface area (Å²) in [7, 11) is 0. The Kier molecular flexibility index (Phi) is 3.28. The molecule has 0 atom stereocenters. The molecule has 0 spiro atoms. The number of hydrogen-bond donors (Lipinski definition) is 1. The van der Waals surface area contributed by atoms with E-state index in [1.54, 1.807) is 18.5 Å². The first-order valence-corrected chi connectivity index (χ1v) is 6.93. The highest BCUT2D eigenvalue weighted by Crippen LogP contribution is 2.20. The second-order valence-electron chi connectivity index (χ2n) is 4.53. The number of benzene rings is 1. The number of fused-ring (bicyclic) bond motifs is 1. The van der Waals surface area contributed by atoms with Crippen molar-refractivity contribution in [2.24, 2.45) is 0 Å². The number of imidazole rings is 1. The van der Waals surface area contributed by atoms with Gasteiger partial charge in [-0.25, -0.2) is 4.98 Å². The SMILES string of the molecule is Cc1cc(NC(=O)c2ccc3nccn3c2)ccc1Br. The summed E-state index contributed by atoms with van der Waals surface area (Å²) in [6, 6.07) is 9.30. The Balaban J connectivity index is 1.86. The quantitative estimate of drug-likeness (QED) is 0.779. The summed E-state index contributed by atoms with van der Waals surface area (Å²) in [5, 5.41) is 2.89. The van der Waals surface area contributed by atoms with Crippen molar-refractivity contribution >= 4 is 33.2 Å². The Morgan fingerprint density at radius 3 is 2.95 bits per heavy atom. The summed E-state index contributed by atoms with van der Waals surface area (Å²) in [6.07, 6.45) is 5.29. The highest BCUT2D eigenvalue weighted by atomic mass is 79.9. The molecule has 0 unspecified atom stereocenters. The molecule has 3 rings (SSSR count). The van der Waals surface area contributed by atoms with Crippen LogP contribution in [0, 0.1) is 6.92 Å². The van der Waals surface area contributed by atoms with Crippen LogP contribution in [0.4, 0.5) is 5.69 Å². The zero-order valence-corrected chi connectivity index (χ0v) is 12.4. The first kappa shape index (κ1) is 12.9. The molecule has 100 valence electrons. The number of aromatic nitrogens is 2. The van der Waals surface area contributed by atoms with E-state index in [2.05, 4.69) is 26.2 Å². The third-order valence-corrected chi connectivity index (χ3v) is 3.96. The summed E-state index contributed by atoms with van der Waals surface area (Å²) >= 11 is 3.44. The number of aryl methyl sites for hydroxylation is 1. The topological polar surface area (TPSA) is 46.4 Å². The molecule has 1 aromatic carbocycles. The van der Waals surface area contributed by atoms with Crippen LogP contribution in [-0.4, -0.2) is 15.3 Å². The second kappa shape index (κ2) is 5.09. The van der Waals surface area contributed by atoms with Crippen molar-refractivity contribution in [3.63, 3.8) is 0 Å². The van der Waals surface area contributed by atoms with Crippen LogP contribution in [-0.2, 0) is 0 Å². The fraction of sp³-hybridized carbons (Fsp3) is 0.0667. The molecule has 3 aromatic rings. The van der Waals surface area contributed by atoms with Gasteiger partial charge in [-0.15, -0.1) is 0 Å². The number of hydrogen-bond acceptors (Lipinski definition) is 2. The van der Waals surface area contributed by atoms with Crippen LogP contribution < -0.4 is 5.32 Å². The van der Waals surface area contributed by atoms with Crippen molar-refractivity contribution in [2.75, 3.05) is 5.32 Å². The van der Waals surface area contributed by atoms with Crippen molar-refractivity contribution in [1.82, 2.24) is 9.38 Å². The summed E-state index contributed by atoms with van der Waals surface area (Å²) in [5.74, 6) is -0.137. The molecular formula is C15H12BrN3O. The number of halogens is 1. The first-order valence-electron chi connectivity index (χ1n) is 6.14. The zero-order chi connectivity index (χ0) is 14.1. The molecule has 0 aliphatic heterocycles. The van der Waals surface area contributed by atoms with Gasteiger partial charge in [-0.2, -0.15) is 0 Å². The molecular weight excluding hydrogens is 318 g/mol. The van der Waals surface area contributed by atoms with E-state index in [-0.39, 0.29) is 5.91 Å². The van der Waals surface area contributed by atoms with Crippen molar-refractivity contribution in [1.29, 1.82) is 0 Å². The molecule has 4 nitrogen and oxygen atoms in total. The van der Waals surface area contributed by atoms with Crippen LogP contribution in [0.5, 0.6) is 0 Å².